The second-order valence-electron chi connectivity index (χ2n) is 5.80. The Labute approximate surface area is 124 Å². The average molecular weight is 293 g/mol. The van der Waals surface area contributed by atoms with Crippen LogP contribution in [-0.2, 0) is 0 Å². The van der Waals surface area contributed by atoms with Crippen LogP contribution >= 0.6 is 0 Å². The van der Waals surface area contributed by atoms with Crippen molar-refractivity contribution in [2.45, 2.75) is 33.2 Å². The second-order valence-corrected chi connectivity index (χ2v) is 5.80. The number of nitrogens with two attached hydrogens (primary N) is 1. The summed E-state index contributed by atoms with van der Waals surface area (Å²) in [6.45, 7) is 10.9. The van der Waals surface area contributed by atoms with Crippen LogP contribution in [0.4, 0.5) is 5.95 Å². The van der Waals surface area contributed by atoms with E-state index in [9.17, 15) is 0 Å². The van der Waals surface area contributed by atoms with Gasteiger partial charge in [0.15, 0.2) is 5.84 Å². The van der Waals surface area contributed by atoms with E-state index >= 15 is 0 Å². The summed E-state index contributed by atoms with van der Waals surface area (Å²) in [5.41, 5.74) is 7.06. The number of oxime groups is 1. The molecule has 8 heteroatoms. The molecular formula is C13H23N7O. The lowest BCUT2D eigenvalue weighted by molar-refractivity contribution is 0.160. The number of nitrogens with zero attached hydrogens (tertiary/aromatic N) is 6. The van der Waals surface area contributed by atoms with E-state index in [2.05, 4.69) is 30.1 Å². The Kier molecular flexibility index (Phi) is 4.26. The maximum Gasteiger partial charge on any atom is 0.245 e. The summed E-state index contributed by atoms with van der Waals surface area (Å²) in [5, 5.41) is 20.3. The molecule has 0 amide bonds. The maximum absolute atomic E-state index is 8.89. The summed E-state index contributed by atoms with van der Waals surface area (Å²) in [7, 11) is 0. The molecule has 0 aliphatic carbocycles. The van der Waals surface area contributed by atoms with Gasteiger partial charge in [0.2, 0.25) is 5.95 Å². The normalized spacial score (nSPS) is 18.1. The predicted molar refractivity (Wildman–Crippen MR) is 80.6 cm³/mol. The summed E-state index contributed by atoms with van der Waals surface area (Å²) in [4.78, 5) is 8.78. The van der Waals surface area contributed by atoms with Gasteiger partial charge in [-0.2, -0.15) is 5.10 Å². The third kappa shape index (κ3) is 3.05. The molecule has 1 aromatic rings. The SMILES string of the molecule is Cc1nnc(N2CCN(C(C)(C)C(N)=NO)CC2)nc1C. The Bertz CT molecular complexity index is 535. The lowest BCUT2D eigenvalue weighted by Crippen LogP contribution is -2.60. The molecule has 8 nitrogen and oxygen atoms in total. The van der Waals surface area contributed by atoms with Gasteiger partial charge in [0.1, 0.15) is 0 Å². The number of rotatable bonds is 3. The van der Waals surface area contributed by atoms with Crippen LogP contribution in [0.25, 0.3) is 0 Å². The second kappa shape index (κ2) is 5.80. The van der Waals surface area contributed by atoms with Crippen LogP contribution in [0.15, 0.2) is 5.16 Å². The molecule has 1 fully saturated rings. The van der Waals surface area contributed by atoms with Crippen LogP contribution in [0, 0.1) is 13.8 Å². The van der Waals surface area contributed by atoms with Crippen LogP contribution in [0.3, 0.4) is 0 Å². The standard InChI is InChI=1S/C13H23N7O/c1-9-10(2)16-17-12(15-9)19-5-7-20(8-6-19)13(3,4)11(14)18-21/h21H,5-8H2,1-4H3,(H2,14,18). The molecule has 0 radical (unpaired) electrons. The van der Waals surface area contributed by atoms with Gasteiger partial charge in [-0.1, -0.05) is 5.16 Å². The van der Waals surface area contributed by atoms with Gasteiger partial charge in [-0.05, 0) is 27.7 Å². The first-order chi connectivity index (χ1) is 9.86. The van der Waals surface area contributed by atoms with E-state index in [1.807, 2.05) is 27.7 Å². The van der Waals surface area contributed by atoms with Gasteiger partial charge >= 0.3 is 0 Å². The smallest absolute Gasteiger partial charge is 0.245 e. The Morgan fingerprint density at radius 1 is 1.14 bits per heavy atom. The summed E-state index contributed by atoms with van der Waals surface area (Å²) in [6, 6.07) is 0. The molecule has 3 N–H and O–H groups in total. The van der Waals surface area contributed by atoms with Crippen LogP contribution in [0.2, 0.25) is 0 Å². The minimum Gasteiger partial charge on any atom is -0.409 e. The van der Waals surface area contributed by atoms with Gasteiger partial charge in [0, 0.05) is 26.2 Å². The van der Waals surface area contributed by atoms with E-state index in [1.54, 1.807) is 0 Å². The number of aromatic nitrogens is 3. The fourth-order valence-corrected chi connectivity index (χ4v) is 2.33. The zero-order valence-electron chi connectivity index (χ0n) is 13.0. The van der Waals surface area contributed by atoms with Gasteiger partial charge in [0.25, 0.3) is 0 Å². The lowest BCUT2D eigenvalue weighted by Gasteiger charge is -2.43. The highest BCUT2D eigenvalue weighted by molar-refractivity contribution is 5.88. The van der Waals surface area contributed by atoms with E-state index in [0.29, 0.717) is 5.95 Å². The Morgan fingerprint density at radius 3 is 2.29 bits per heavy atom. The molecule has 2 rings (SSSR count). The monoisotopic (exact) mass is 293 g/mol. The van der Waals surface area contributed by atoms with Crippen molar-refractivity contribution in [2.24, 2.45) is 10.9 Å². The van der Waals surface area contributed by atoms with Gasteiger partial charge in [-0.15, -0.1) is 5.10 Å². The van der Waals surface area contributed by atoms with Gasteiger partial charge in [0.05, 0.1) is 16.9 Å². The van der Waals surface area contributed by atoms with Gasteiger partial charge in [-0.25, -0.2) is 4.98 Å². The third-order valence-electron chi connectivity index (χ3n) is 4.17. The Hall–Kier alpha value is -1.96. The van der Waals surface area contributed by atoms with Crippen LogP contribution in [0.5, 0.6) is 0 Å². The van der Waals surface area contributed by atoms with Crippen LogP contribution in [0.1, 0.15) is 25.2 Å². The number of hydrogen-bond donors (Lipinski definition) is 2. The first-order valence-electron chi connectivity index (χ1n) is 7.02. The van der Waals surface area contributed by atoms with Crippen molar-refractivity contribution in [1.82, 2.24) is 20.1 Å². The van der Waals surface area contributed by atoms with Crippen molar-refractivity contribution in [1.29, 1.82) is 0 Å². The fourth-order valence-electron chi connectivity index (χ4n) is 2.33. The number of anilines is 1. The highest BCUT2D eigenvalue weighted by Gasteiger charge is 2.34. The zero-order chi connectivity index (χ0) is 15.6. The van der Waals surface area contributed by atoms with Crippen LogP contribution < -0.4 is 10.6 Å². The van der Waals surface area contributed by atoms with E-state index in [1.165, 1.54) is 0 Å². The van der Waals surface area contributed by atoms with E-state index < -0.39 is 5.54 Å². The predicted octanol–water partition coefficient (Wildman–Crippen LogP) is 0.135. The first-order valence-corrected chi connectivity index (χ1v) is 7.02. The fraction of sp³-hybridized carbons (Fsp3) is 0.692. The number of piperazine rings is 1. The van der Waals surface area contributed by atoms with Gasteiger partial charge < -0.3 is 15.8 Å². The molecule has 0 unspecified atom stereocenters. The van der Waals surface area contributed by atoms with E-state index in [4.69, 9.17) is 10.9 Å². The quantitative estimate of drug-likeness (QED) is 0.353. The molecule has 1 saturated heterocycles. The molecule has 116 valence electrons. The molecule has 0 bridgehead atoms. The molecule has 1 aliphatic heterocycles. The average Bonchev–Trinajstić information content (AvgIpc) is 2.49. The topological polar surface area (TPSA) is 104 Å². The molecule has 0 saturated carbocycles. The number of hydrogen-bond acceptors (Lipinski definition) is 7. The number of aryl methyl sites for hydroxylation is 2. The number of amidine groups is 1. The molecule has 0 spiro atoms. The minimum absolute atomic E-state index is 0.222. The van der Waals surface area contributed by atoms with Crippen molar-refractivity contribution in [3.05, 3.63) is 11.4 Å². The summed E-state index contributed by atoms with van der Waals surface area (Å²) in [6.07, 6.45) is 0. The van der Waals surface area contributed by atoms with E-state index in [0.717, 1.165) is 37.6 Å². The summed E-state index contributed by atoms with van der Waals surface area (Å²) >= 11 is 0. The van der Waals surface area contributed by atoms with Crippen molar-refractivity contribution in [3.63, 3.8) is 0 Å². The Morgan fingerprint density at radius 2 is 1.76 bits per heavy atom. The van der Waals surface area contributed by atoms with Crippen molar-refractivity contribution in [3.8, 4) is 0 Å². The largest absolute Gasteiger partial charge is 0.409 e. The molecule has 1 aromatic heterocycles. The van der Waals surface area contributed by atoms with Crippen molar-refractivity contribution >= 4 is 11.8 Å². The summed E-state index contributed by atoms with van der Waals surface area (Å²) < 4.78 is 0. The van der Waals surface area contributed by atoms with E-state index in [-0.39, 0.29) is 5.84 Å². The van der Waals surface area contributed by atoms with Crippen molar-refractivity contribution < 1.29 is 5.21 Å². The lowest BCUT2D eigenvalue weighted by atomic mass is 10.0. The van der Waals surface area contributed by atoms with Crippen molar-refractivity contribution in [2.75, 3.05) is 31.1 Å². The zero-order valence-corrected chi connectivity index (χ0v) is 13.0. The molecular weight excluding hydrogens is 270 g/mol. The van der Waals surface area contributed by atoms with Crippen LogP contribution in [-0.4, -0.2) is 62.8 Å². The third-order valence-corrected chi connectivity index (χ3v) is 4.17. The molecule has 1 aliphatic rings. The summed E-state index contributed by atoms with van der Waals surface area (Å²) in [5.74, 6) is 0.888. The minimum atomic E-state index is -0.469. The highest BCUT2D eigenvalue weighted by Crippen LogP contribution is 2.19. The molecule has 0 aromatic carbocycles. The molecule has 21 heavy (non-hydrogen) atoms. The highest BCUT2D eigenvalue weighted by atomic mass is 16.4. The van der Waals surface area contributed by atoms with Gasteiger partial charge in [-0.3, -0.25) is 4.90 Å². The maximum atomic E-state index is 8.89. The molecule has 2 heterocycles. The molecule has 0 atom stereocenters. The first kappa shape index (κ1) is 15.4. The Balaban J connectivity index is 2.05.